The van der Waals surface area contributed by atoms with E-state index in [0.717, 1.165) is 0 Å². The van der Waals surface area contributed by atoms with E-state index in [1.165, 1.54) is 0 Å². The SMILES string of the molecule is NCC(=O)NC(CO)C(=O)NCC(=O)NC(CS)C(=O)O. The fourth-order valence-corrected chi connectivity index (χ4v) is 1.42. The first-order valence-corrected chi connectivity index (χ1v) is 6.50. The number of aliphatic hydroxyl groups is 1. The molecule has 0 aromatic rings. The van der Waals surface area contributed by atoms with Crippen molar-refractivity contribution in [2.75, 3.05) is 25.4 Å². The quantitative estimate of drug-likeness (QED) is 0.212. The molecular formula is C10H18N4O6S. The van der Waals surface area contributed by atoms with Crippen molar-refractivity contribution < 1.29 is 29.4 Å². The normalized spacial score (nSPS) is 12.9. The first-order valence-electron chi connectivity index (χ1n) is 5.86. The van der Waals surface area contributed by atoms with Crippen LogP contribution in [0.1, 0.15) is 0 Å². The second kappa shape index (κ2) is 9.96. The molecule has 10 nitrogen and oxygen atoms in total. The summed E-state index contributed by atoms with van der Waals surface area (Å²) in [4.78, 5) is 44.7. The number of thiol groups is 1. The molecule has 0 bridgehead atoms. The van der Waals surface area contributed by atoms with Crippen molar-refractivity contribution in [2.24, 2.45) is 5.73 Å². The highest BCUT2D eigenvalue weighted by Crippen LogP contribution is 1.88. The summed E-state index contributed by atoms with van der Waals surface area (Å²) in [7, 11) is 0. The Morgan fingerprint density at radius 3 is 2.10 bits per heavy atom. The molecule has 21 heavy (non-hydrogen) atoms. The zero-order valence-corrected chi connectivity index (χ0v) is 11.9. The van der Waals surface area contributed by atoms with Gasteiger partial charge in [-0.05, 0) is 0 Å². The summed E-state index contributed by atoms with van der Waals surface area (Å²) in [5.74, 6) is -3.55. The number of carboxylic acids is 1. The highest BCUT2D eigenvalue weighted by atomic mass is 32.1. The van der Waals surface area contributed by atoms with E-state index >= 15 is 0 Å². The van der Waals surface area contributed by atoms with E-state index < -0.39 is 48.9 Å². The van der Waals surface area contributed by atoms with Crippen LogP contribution in [-0.2, 0) is 19.2 Å². The molecule has 0 aromatic carbocycles. The number of nitrogens with one attached hydrogen (secondary N) is 3. The zero-order chi connectivity index (χ0) is 16.4. The Kier molecular flexibility index (Phi) is 9.08. The molecule has 0 saturated carbocycles. The van der Waals surface area contributed by atoms with Gasteiger partial charge in [-0.3, -0.25) is 14.4 Å². The second-order valence-corrected chi connectivity index (χ2v) is 4.23. The molecule has 0 aromatic heterocycles. The number of carbonyl (C=O) groups is 4. The van der Waals surface area contributed by atoms with Gasteiger partial charge < -0.3 is 31.9 Å². The maximum atomic E-state index is 11.6. The van der Waals surface area contributed by atoms with E-state index in [1.54, 1.807) is 0 Å². The first kappa shape index (κ1) is 19.1. The lowest BCUT2D eigenvalue weighted by Gasteiger charge is -2.16. The Bertz CT molecular complexity index is 405. The lowest BCUT2D eigenvalue weighted by molar-refractivity contribution is -0.141. The molecule has 0 saturated heterocycles. The van der Waals surface area contributed by atoms with Crippen molar-refractivity contribution in [3.8, 4) is 0 Å². The van der Waals surface area contributed by atoms with Gasteiger partial charge in [0.1, 0.15) is 12.1 Å². The minimum absolute atomic E-state index is 0.110. The van der Waals surface area contributed by atoms with Crippen LogP contribution in [0.4, 0.5) is 0 Å². The maximum absolute atomic E-state index is 11.6. The van der Waals surface area contributed by atoms with E-state index in [0.29, 0.717) is 0 Å². The molecule has 0 aliphatic rings. The van der Waals surface area contributed by atoms with Crippen molar-refractivity contribution in [3.05, 3.63) is 0 Å². The second-order valence-electron chi connectivity index (χ2n) is 3.87. The van der Waals surface area contributed by atoms with Gasteiger partial charge in [-0.1, -0.05) is 0 Å². The Morgan fingerprint density at radius 2 is 1.67 bits per heavy atom. The topological polar surface area (TPSA) is 171 Å². The van der Waals surface area contributed by atoms with Crippen molar-refractivity contribution in [2.45, 2.75) is 12.1 Å². The number of aliphatic carboxylic acids is 1. The van der Waals surface area contributed by atoms with Gasteiger partial charge in [0.05, 0.1) is 19.7 Å². The summed E-state index contributed by atoms with van der Waals surface area (Å²) in [5, 5.41) is 24.1. The summed E-state index contributed by atoms with van der Waals surface area (Å²) in [5.41, 5.74) is 5.04. The lowest BCUT2D eigenvalue weighted by Crippen LogP contribution is -2.53. The number of amides is 3. The van der Waals surface area contributed by atoms with E-state index in [-0.39, 0.29) is 12.3 Å². The number of carbonyl (C=O) groups excluding carboxylic acids is 3. The minimum Gasteiger partial charge on any atom is -0.480 e. The monoisotopic (exact) mass is 322 g/mol. The van der Waals surface area contributed by atoms with Gasteiger partial charge in [-0.2, -0.15) is 12.6 Å². The Morgan fingerprint density at radius 1 is 1.10 bits per heavy atom. The third-order valence-corrected chi connectivity index (χ3v) is 2.62. The molecule has 2 atom stereocenters. The molecular weight excluding hydrogens is 304 g/mol. The minimum atomic E-state index is -1.26. The summed E-state index contributed by atoms with van der Waals surface area (Å²) in [6, 6.07) is -2.42. The number of hydrogen-bond acceptors (Lipinski definition) is 7. The van der Waals surface area contributed by atoms with E-state index in [2.05, 4.69) is 28.6 Å². The standard InChI is InChI=1S/C10H18N4O6S/c11-1-7(16)13-5(3-15)9(18)12-2-8(17)14-6(4-21)10(19)20/h5-6,15,21H,1-4,11H2,(H,12,18)(H,13,16)(H,14,17)(H,19,20). The fraction of sp³-hybridized carbons (Fsp3) is 0.600. The molecule has 2 unspecified atom stereocenters. The number of hydrogen-bond donors (Lipinski definition) is 7. The van der Waals surface area contributed by atoms with Gasteiger partial charge >= 0.3 is 5.97 Å². The molecule has 0 rings (SSSR count). The first-order chi connectivity index (χ1) is 9.85. The average molecular weight is 322 g/mol. The predicted molar refractivity (Wildman–Crippen MR) is 74.5 cm³/mol. The van der Waals surface area contributed by atoms with Gasteiger partial charge in [0.2, 0.25) is 17.7 Å². The highest BCUT2D eigenvalue weighted by molar-refractivity contribution is 7.80. The third-order valence-electron chi connectivity index (χ3n) is 2.26. The van der Waals surface area contributed by atoms with Crippen molar-refractivity contribution in [1.82, 2.24) is 16.0 Å². The molecule has 3 amide bonds. The molecule has 0 aliphatic carbocycles. The van der Waals surface area contributed by atoms with Crippen LogP contribution < -0.4 is 21.7 Å². The summed E-state index contributed by atoms with van der Waals surface area (Å²) >= 11 is 3.76. The highest BCUT2D eigenvalue weighted by Gasteiger charge is 2.21. The lowest BCUT2D eigenvalue weighted by atomic mass is 10.2. The van der Waals surface area contributed by atoms with E-state index in [4.69, 9.17) is 15.9 Å². The van der Waals surface area contributed by atoms with Gasteiger partial charge in [-0.15, -0.1) is 0 Å². The predicted octanol–water partition coefficient (Wildman–Crippen LogP) is -3.96. The summed E-state index contributed by atoms with van der Waals surface area (Å²) < 4.78 is 0. The van der Waals surface area contributed by atoms with Crippen molar-refractivity contribution in [3.63, 3.8) is 0 Å². The Hall–Kier alpha value is -1.85. The molecule has 0 spiro atoms. The van der Waals surface area contributed by atoms with Crippen LogP contribution >= 0.6 is 12.6 Å². The molecule has 0 radical (unpaired) electrons. The van der Waals surface area contributed by atoms with Crippen molar-refractivity contribution >= 4 is 36.3 Å². The average Bonchev–Trinajstić information content (AvgIpc) is 2.46. The Balaban J connectivity index is 4.30. The number of nitrogens with two attached hydrogens (primary N) is 1. The molecule has 0 aliphatic heterocycles. The van der Waals surface area contributed by atoms with Gasteiger partial charge in [-0.25, -0.2) is 4.79 Å². The number of rotatable bonds is 9. The summed E-state index contributed by atoms with van der Waals surface area (Å²) in [6.45, 7) is -1.54. The van der Waals surface area contributed by atoms with Crippen LogP contribution in [0.3, 0.4) is 0 Å². The zero-order valence-electron chi connectivity index (χ0n) is 11.0. The van der Waals surface area contributed by atoms with Crippen LogP contribution in [0.2, 0.25) is 0 Å². The van der Waals surface area contributed by atoms with Gasteiger partial charge in [0, 0.05) is 5.75 Å². The molecule has 120 valence electrons. The van der Waals surface area contributed by atoms with Crippen LogP contribution in [0, 0.1) is 0 Å². The smallest absolute Gasteiger partial charge is 0.327 e. The van der Waals surface area contributed by atoms with E-state index in [9.17, 15) is 19.2 Å². The van der Waals surface area contributed by atoms with Gasteiger partial charge in [0.15, 0.2) is 0 Å². The molecule has 0 fully saturated rings. The summed E-state index contributed by atoms with van der Waals surface area (Å²) in [6.07, 6.45) is 0. The molecule has 11 heteroatoms. The van der Waals surface area contributed by atoms with Crippen molar-refractivity contribution in [1.29, 1.82) is 0 Å². The van der Waals surface area contributed by atoms with E-state index in [1.807, 2.05) is 0 Å². The molecule has 7 N–H and O–H groups in total. The number of carboxylic acid groups (broad SMARTS) is 1. The van der Waals surface area contributed by atoms with Crippen LogP contribution in [0.15, 0.2) is 0 Å². The van der Waals surface area contributed by atoms with Crippen LogP contribution in [0.25, 0.3) is 0 Å². The number of aliphatic hydroxyl groups excluding tert-OH is 1. The van der Waals surface area contributed by atoms with Crippen LogP contribution in [0.5, 0.6) is 0 Å². The maximum Gasteiger partial charge on any atom is 0.327 e. The largest absolute Gasteiger partial charge is 0.480 e. The van der Waals surface area contributed by atoms with Gasteiger partial charge in [0.25, 0.3) is 0 Å². The molecule has 0 heterocycles. The Labute approximate surface area is 125 Å². The fourth-order valence-electron chi connectivity index (χ4n) is 1.17. The third kappa shape index (κ3) is 7.48. The van der Waals surface area contributed by atoms with Crippen LogP contribution in [-0.4, -0.2) is 71.4 Å².